The van der Waals surface area contributed by atoms with Crippen LogP contribution in [0.4, 0.5) is 23.2 Å². The molecule has 11 heteroatoms. The van der Waals surface area contributed by atoms with Crippen molar-refractivity contribution >= 4 is 11.8 Å². The molecule has 25 heavy (non-hydrogen) atoms. The maximum Gasteiger partial charge on any atom is 0.433 e. The molecule has 0 amide bonds. The first-order valence-electron chi connectivity index (χ1n) is 6.59. The van der Waals surface area contributed by atoms with Crippen molar-refractivity contribution in [2.45, 2.75) is 6.18 Å². The Labute approximate surface area is 136 Å². The highest BCUT2D eigenvalue weighted by Crippen LogP contribution is 2.36. The number of isocyanates is 1. The van der Waals surface area contributed by atoms with E-state index in [0.29, 0.717) is 0 Å². The van der Waals surface area contributed by atoms with Crippen LogP contribution in [0.1, 0.15) is 5.69 Å². The molecule has 1 N–H and O–H groups in total. The number of halogens is 4. The Hall–Kier alpha value is -3.46. The number of nitrogens with zero attached hydrogens (tertiary/aromatic N) is 5. The molecule has 7 nitrogen and oxygen atoms in total. The number of carbonyl (C=O) groups excluding carboxylic acids is 1. The maximum absolute atomic E-state index is 14.5. The number of rotatable bonds is 3. The summed E-state index contributed by atoms with van der Waals surface area (Å²) in [5.41, 5.74) is -1.14. The first-order valence-corrected chi connectivity index (χ1v) is 6.59. The molecule has 126 valence electrons. The molecule has 0 aliphatic carbocycles. The number of benzene rings is 1. The van der Waals surface area contributed by atoms with Gasteiger partial charge in [0.05, 0.1) is 5.69 Å². The number of aliphatic imine (C=N–C) groups is 1. The number of hydrogen-bond donors (Lipinski definition) is 1. The zero-order valence-electron chi connectivity index (χ0n) is 12.0. The summed E-state index contributed by atoms with van der Waals surface area (Å²) in [5, 5.41) is 13.0. The minimum atomic E-state index is -4.61. The number of aromatic nitrogens is 5. The third-order valence-corrected chi connectivity index (χ3v) is 3.18. The molecular formula is C14H6F4N6O. The van der Waals surface area contributed by atoms with Gasteiger partial charge in [-0.25, -0.2) is 9.18 Å². The number of aromatic amines is 1. The van der Waals surface area contributed by atoms with Crippen LogP contribution in [-0.2, 0) is 11.0 Å². The monoisotopic (exact) mass is 350 g/mol. The fourth-order valence-electron chi connectivity index (χ4n) is 2.16. The maximum atomic E-state index is 14.5. The summed E-state index contributed by atoms with van der Waals surface area (Å²) in [6.07, 6.45) is -2.46. The average molecular weight is 350 g/mol. The standard InChI is InChI=1S/C14H6F4N6O/c15-10-4-8(20-6-25)3-9(13-21-23-24-22-13)12(10)7-1-2-11(19-5-7)14(16,17)18/h1-5H,(H,21,22,23,24). The second-order valence-electron chi connectivity index (χ2n) is 4.72. The molecule has 0 spiro atoms. The summed E-state index contributed by atoms with van der Waals surface area (Å²) in [6.45, 7) is 0. The Bertz CT molecular complexity index is 947. The van der Waals surface area contributed by atoms with Crippen LogP contribution < -0.4 is 0 Å². The van der Waals surface area contributed by atoms with Crippen molar-refractivity contribution < 1.29 is 22.4 Å². The summed E-state index contributed by atoms with van der Waals surface area (Å²) in [7, 11) is 0. The smallest absolute Gasteiger partial charge is 0.251 e. The van der Waals surface area contributed by atoms with Crippen LogP contribution in [0.5, 0.6) is 0 Å². The van der Waals surface area contributed by atoms with Crippen molar-refractivity contribution in [1.82, 2.24) is 25.6 Å². The van der Waals surface area contributed by atoms with Gasteiger partial charge in [0.1, 0.15) is 11.5 Å². The Morgan fingerprint density at radius 2 is 2.00 bits per heavy atom. The zero-order valence-corrected chi connectivity index (χ0v) is 12.0. The van der Waals surface area contributed by atoms with E-state index in [2.05, 4.69) is 30.6 Å². The van der Waals surface area contributed by atoms with Crippen molar-refractivity contribution in [3.8, 4) is 22.5 Å². The molecule has 0 fully saturated rings. The second-order valence-corrected chi connectivity index (χ2v) is 4.72. The summed E-state index contributed by atoms with van der Waals surface area (Å²) in [6, 6.07) is 4.01. The third-order valence-electron chi connectivity index (χ3n) is 3.18. The summed E-state index contributed by atoms with van der Waals surface area (Å²) < 4.78 is 52.4. The number of H-pyrrole nitrogens is 1. The number of alkyl halides is 3. The van der Waals surface area contributed by atoms with Gasteiger partial charge in [-0.2, -0.15) is 23.4 Å². The molecule has 2 heterocycles. The van der Waals surface area contributed by atoms with Crippen molar-refractivity contribution in [2.24, 2.45) is 4.99 Å². The van der Waals surface area contributed by atoms with Gasteiger partial charge in [0.25, 0.3) is 0 Å². The van der Waals surface area contributed by atoms with Crippen LogP contribution in [0.25, 0.3) is 22.5 Å². The summed E-state index contributed by atoms with van der Waals surface area (Å²) in [4.78, 5) is 17.0. The van der Waals surface area contributed by atoms with E-state index in [1.165, 1.54) is 12.1 Å². The number of pyridine rings is 1. The molecule has 0 aliphatic heterocycles. The van der Waals surface area contributed by atoms with Gasteiger partial charge in [0, 0.05) is 29.0 Å². The fraction of sp³-hybridized carbons (Fsp3) is 0.0714. The Morgan fingerprint density at radius 1 is 1.20 bits per heavy atom. The van der Waals surface area contributed by atoms with Gasteiger partial charge in [-0.1, -0.05) is 6.07 Å². The van der Waals surface area contributed by atoms with Crippen molar-refractivity contribution in [2.75, 3.05) is 0 Å². The van der Waals surface area contributed by atoms with Crippen LogP contribution in [0.15, 0.2) is 35.5 Å². The highest BCUT2D eigenvalue weighted by atomic mass is 19.4. The van der Waals surface area contributed by atoms with Gasteiger partial charge in [-0.3, -0.25) is 4.98 Å². The van der Waals surface area contributed by atoms with E-state index < -0.39 is 17.7 Å². The van der Waals surface area contributed by atoms with Crippen LogP contribution in [0.2, 0.25) is 0 Å². The van der Waals surface area contributed by atoms with E-state index in [1.807, 2.05) is 0 Å². The number of tetrazole rings is 1. The predicted molar refractivity (Wildman–Crippen MR) is 75.6 cm³/mol. The normalized spacial score (nSPS) is 11.2. The van der Waals surface area contributed by atoms with Crippen LogP contribution >= 0.6 is 0 Å². The zero-order chi connectivity index (χ0) is 18.0. The van der Waals surface area contributed by atoms with Crippen molar-refractivity contribution in [3.63, 3.8) is 0 Å². The second kappa shape index (κ2) is 6.21. The number of hydrogen-bond acceptors (Lipinski definition) is 6. The highest BCUT2D eigenvalue weighted by Gasteiger charge is 2.32. The molecule has 2 aromatic heterocycles. The van der Waals surface area contributed by atoms with Gasteiger partial charge in [0.2, 0.25) is 11.9 Å². The van der Waals surface area contributed by atoms with Crippen LogP contribution in [-0.4, -0.2) is 31.7 Å². The van der Waals surface area contributed by atoms with E-state index in [1.54, 1.807) is 0 Å². The molecule has 0 saturated carbocycles. The number of nitrogens with one attached hydrogen (secondary N) is 1. The summed E-state index contributed by atoms with van der Waals surface area (Å²) >= 11 is 0. The largest absolute Gasteiger partial charge is 0.433 e. The Morgan fingerprint density at radius 3 is 2.56 bits per heavy atom. The van der Waals surface area contributed by atoms with Crippen molar-refractivity contribution in [3.05, 3.63) is 42.0 Å². The Kier molecular flexibility index (Phi) is 4.07. The van der Waals surface area contributed by atoms with E-state index in [9.17, 15) is 22.4 Å². The highest BCUT2D eigenvalue weighted by molar-refractivity contribution is 5.83. The van der Waals surface area contributed by atoms with E-state index in [4.69, 9.17) is 0 Å². The fourth-order valence-corrected chi connectivity index (χ4v) is 2.16. The first kappa shape index (κ1) is 16.4. The van der Waals surface area contributed by atoms with Gasteiger partial charge >= 0.3 is 6.18 Å². The summed E-state index contributed by atoms with van der Waals surface area (Å²) in [5.74, 6) is -0.880. The molecule has 3 rings (SSSR count). The van der Waals surface area contributed by atoms with E-state index >= 15 is 0 Å². The average Bonchev–Trinajstić information content (AvgIpc) is 3.08. The SMILES string of the molecule is O=C=Nc1cc(F)c(-c2ccc(C(F)(F)F)nc2)c(-c2nn[nH]n2)c1. The lowest BCUT2D eigenvalue weighted by atomic mass is 9.99. The molecule has 0 unspecified atom stereocenters. The van der Waals surface area contributed by atoms with Gasteiger partial charge < -0.3 is 0 Å². The Balaban J connectivity index is 2.20. The van der Waals surface area contributed by atoms with E-state index in [-0.39, 0.29) is 28.2 Å². The first-order chi connectivity index (χ1) is 11.9. The predicted octanol–water partition coefficient (Wildman–Crippen LogP) is 3.05. The molecule has 0 atom stereocenters. The molecule has 0 saturated heterocycles. The minimum absolute atomic E-state index is 0.0308. The quantitative estimate of drug-likeness (QED) is 0.445. The molecular weight excluding hydrogens is 344 g/mol. The van der Waals surface area contributed by atoms with Gasteiger partial charge in [0.15, 0.2) is 0 Å². The van der Waals surface area contributed by atoms with Gasteiger partial charge in [-0.15, -0.1) is 10.2 Å². The van der Waals surface area contributed by atoms with E-state index in [0.717, 1.165) is 24.4 Å². The van der Waals surface area contributed by atoms with Crippen LogP contribution in [0.3, 0.4) is 0 Å². The lowest BCUT2D eigenvalue weighted by Gasteiger charge is -2.11. The molecule has 3 aromatic rings. The molecule has 0 bridgehead atoms. The molecule has 0 aliphatic rings. The third kappa shape index (κ3) is 3.26. The topological polar surface area (TPSA) is 96.8 Å². The lowest BCUT2D eigenvalue weighted by molar-refractivity contribution is -0.141. The van der Waals surface area contributed by atoms with Crippen molar-refractivity contribution in [1.29, 1.82) is 0 Å². The van der Waals surface area contributed by atoms with Crippen LogP contribution in [0, 0.1) is 5.82 Å². The minimum Gasteiger partial charge on any atom is -0.251 e. The molecule has 1 aromatic carbocycles. The van der Waals surface area contributed by atoms with Gasteiger partial charge in [-0.05, 0) is 17.3 Å². The molecule has 0 radical (unpaired) electrons. The lowest BCUT2D eigenvalue weighted by Crippen LogP contribution is -2.07.